The molecule has 0 fully saturated rings. The molecule has 112 valence electrons. The predicted molar refractivity (Wildman–Crippen MR) is 93.4 cm³/mol. The Bertz CT molecular complexity index is 801. The minimum absolute atomic E-state index is 1.06. The van der Waals surface area contributed by atoms with Gasteiger partial charge in [0.1, 0.15) is 11.4 Å². The highest BCUT2D eigenvalue weighted by atomic mass is 16.0. The van der Waals surface area contributed by atoms with Gasteiger partial charge >= 0.3 is 0 Å². The van der Waals surface area contributed by atoms with Gasteiger partial charge in [0.05, 0.1) is 0 Å². The third-order valence-electron chi connectivity index (χ3n) is 3.70. The number of hydrogen-bond donors (Lipinski definition) is 1. The molecule has 3 aromatic rings. The molecule has 0 unspecified atom stereocenters. The largest absolute Gasteiger partial charge is 0.288 e. The fraction of sp³-hybridized carbons (Fsp3) is 0. The van der Waals surface area contributed by atoms with Crippen LogP contribution >= 0.6 is 0 Å². The summed E-state index contributed by atoms with van der Waals surface area (Å²) in [6.45, 7) is 0. The average Bonchev–Trinajstić information content (AvgIpc) is 3.09. The zero-order valence-corrected chi connectivity index (χ0v) is 12.6. The van der Waals surface area contributed by atoms with Crippen LogP contribution in [0.1, 0.15) is 0 Å². The molecule has 0 aromatic heterocycles. The number of hydrazone groups is 1. The zero-order chi connectivity index (χ0) is 15.5. The molecule has 3 aromatic carbocycles. The van der Waals surface area contributed by atoms with Gasteiger partial charge in [-0.15, -0.1) is 4.68 Å². The van der Waals surface area contributed by atoms with E-state index >= 15 is 0 Å². The molecule has 1 N–H and O–H groups in total. The summed E-state index contributed by atoms with van der Waals surface area (Å²) in [6.07, 6.45) is 1.95. The van der Waals surface area contributed by atoms with Crippen LogP contribution in [0.15, 0.2) is 91.0 Å². The minimum atomic E-state index is 1.06. The first-order valence-electron chi connectivity index (χ1n) is 7.57. The maximum absolute atomic E-state index is 3.33. The van der Waals surface area contributed by atoms with Gasteiger partial charge in [-0.05, 0) is 36.4 Å². The molecule has 23 heavy (non-hydrogen) atoms. The van der Waals surface area contributed by atoms with Crippen LogP contribution in [0, 0.1) is 0 Å². The van der Waals surface area contributed by atoms with E-state index in [9.17, 15) is 0 Å². The highest BCUT2D eigenvalue weighted by molar-refractivity contribution is 5.66. The van der Waals surface area contributed by atoms with Crippen LogP contribution in [0.5, 0.6) is 0 Å². The smallest absolute Gasteiger partial charge is 0.152 e. The van der Waals surface area contributed by atoms with Crippen molar-refractivity contribution in [2.45, 2.75) is 0 Å². The van der Waals surface area contributed by atoms with Gasteiger partial charge in [0, 0.05) is 0 Å². The lowest BCUT2D eigenvalue weighted by atomic mass is 10.3. The summed E-state index contributed by atoms with van der Waals surface area (Å²) in [5, 5.41) is 4.12. The highest BCUT2D eigenvalue weighted by Gasteiger charge is 2.32. The molecule has 4 rings (SSSR count). The lowest BCUT2D eigenvalue weighted by molar-refractivity contribution is -0.444. The van der Waals surface area contributed by atoms with Crippen molar-refractivity contribution in [2.24, 2.45) is 0 Å². The van der Waals surface area contributed by atoms with Crippen molar-refractivity contribution in [3.05, 3.63) is 91.0 Å². The Morgan fingerprint density at radius 1 is 0.609 bits per heavy atom. The Kier molecular flexibility index (Phi) is 3.41. The van der Waals surface area contributed by atoms with Crippen LogP contribution in [0.3, 0.4) is 0 Å². The Morgan fingerprint density at radius 2 is 1.13 bits per heavy atom. The van der Waals surface area contributed by atoms with Crippen molar-refractivity contribution in [3.63, 3.8) is 0 Å². The molecule has 0 radical (unpaired) electrons. The summed E-state index contributed by atoms with van der Waals surface area (Å²) >= 11 is 0. The molecule has 0 saturated carbocycles. The number of benzene rings is 3. The van der Waals surface area contributed by atoms with Crippen molar-refractivity contribution in [2.75, 3.05) is 10.2 Å². The van der Waals surface area contributed by atoms with Gasteiger partial charge in [0.25, 0.3) is 6.34 Å². The van der Waals surface area contributed by atoms with E-state index in [1.807, 2.05) is 66.1 Å². The summed E-state index contributed by atoms with van der Waals surface area (Å²) in [6, 6.07) is 30.8. The summed E-state index contributed by atoms with van der Waals surface area (Å²) < 4.78 is 2.09. The first-order valence-corrected chi connectivity index (χ1v) is 7.57. The van der Waals surface area contributed by atoms with Gasteiger partial charge in [0.15, 0.2) is 5.69 Å². The van der Waals surface area contributed by atoms with Crippen molar-refractivity contribution < 1.29 is 4.68 Å². The van der Waals surface area contributed by atoms with E-state index in [0.717, 1.165) is 17.1 Å². The predicted octanol–water partition coefficient (Wildman–Crippen LogP) is 3.72. The topological polar surface area (TPSA) is 21.5 Å². The highest BCUT2D eigenvalue weighted by Crippen LogP contribution is 2.27. The first kappa shape index (κ1) is 13.4. The number of hydrogen-bond acceptors (Lipinski definition) is 3. The molecule has 0 atom stereocenters. The van der Waals surface area contributed by atoms with E-state index in [2.05, 4.69) is 51.6 Å². The SMILES string of the molecule is C1=[N+](c2ccccc2)N(c2ccccc2)N(c2ccccc2)N1. The second kappa shape index (κ2) is 5.85. The van der Waals surface area contributed by atoms with Gasteiger partial charge in [-0.2, -0.15) is 5.43 Å². The molecule has 0 aliphatic carbocycles. The number of nitrogens with one attached hydrogen (secondary N) is 1. The molecule has 0 amide bonds. The summed E-state index contributed by atoms with van der Waals surface area (Å²) in [5.41, 5.74) is 6.55. The van der Waals surface area contributed by atoms with Crippen molar-refractivity contribution in [3.8, 4) is 0 Å². The van der Waals surface area contributed by atoms with Gasteiger partial charge in [-0.3, -0.25) is 0 Å². The Labute approximate surface area is 135 Å². The van der Waals surface area contributed by atoms with E-state index in [4.69, 9.17) is 0 Å². The fourth-order valence-electron chi connectivity index (χ4n) is 2.63. The zero-order valence-electron chi connectivity index (χ0n) is 12.6. The second-order valence-electron chi connectivity index (χ2n) is 5.21. The molecule has 4 heteroatoms. The standard InChI is InChI=1S/C19H16N4/c1-4-10-17(11-5-1)21-16-20-22(18-12-6-2-7-13-18)23(21)19-14-8-3-9-15-19/h1-16H/p+1. The van der Waals surface area contributed by atoms with Crippen LogP contribution in [0.4, 0.5) is 17.1 Å². The quantitative estimate of drug-likeness (QED) is 0.745. The maximum atomic E-state index is 3.33. The third-order valence-corrected chi connectivity index (χ3v) is 3.70. The van der Waals surface area contributed by atoms with Crippen molar-refractivity contribution in [1.29, 1.82) is 0 Å². The minimum Gasteiger partial charge on any atom is -0.152 e. The van der Waals surface area contributed by atoms with Crippen LogP contribution in [-0.2, 0) is 0 Å². The lowest BCUT2D eigenvalue weighted by Crippen LogP contribution is -2.46. The summed E-state index contributed by atoms with van der Waals surface area (Å²) in [4.78, 5) is 0. The number of para-hydroxylation sites is 3. The third kappa shape index (κ3) is 2.51. The van der Waals surface area contributed by atoms with Gasteiger partial charge < -0.3 is 0 Å². The second-order valence-corrected chi connectivity index (χ2v) is 5.21. The average molecular weight is 301 g/mol. The molecule has 0 bridgehead atoms. The number of hydrazine groups is 3. The van der Waals surface area contributed by atoms with E-state index < -0.39 is 0 Å². The number of rotatable bonds is 3. The normalized spacial score (nSPS) is 13.7. The monoisotopic (exact) mass is 301 g/mol. The van der Waals surface area contributed by atoms with Crippen LogP contribution < -0.4 is 15.7 Å². The summed E-state index contributed by atoms with van der Waals surface area (Å²) in [7, 11) is 0. The van der Waals surface area contributed by atoms with E-state index in [1.54, 1.807) is 0 Å². The Balaban J connectivity index is 1.79. The molecular formula is C19H17N4+. The van der Waals surface area contributed by atoms with E-state index in [-0.39, 0.29) is 0 Å². The fourth-order valence-corrected chi connectivity index (χ4v) is 2.63. The molecular weight excluding hydrogens is 284 g/mol. The van der Waals surface area contributed by atoms with Crippen molar-refractivity contribution in [1.82, 2.24) is 5.43 Å². The molecule has 0 spiro atoms. The lowest BCUT2D eigenvalue weighted by Gasteiger charge is -2.26. The number of anilines is 2. The van der Waals surface area contributed by atoms with Crippen molar-refractivity contribution >= 4 is 23.4 Å². The number of nitrogens with zero attached hydrogens (tertiary/aromatic N) is 3. The Hall–Kier alpha value is -3.27. The molecule has 1 heterocycles. The molecule has 1 aliphatic rings. The van der Waals surface area contributed by atoms with E-state index in [0.29, 0.717) is 0 Å². The van der Waals surface area contributed by atoms with Gasteiger partial charge in [-0.1, -0.05) is 64.8 Å². The van der Waals surface area contributed by atoms with Gasteiger partial charge in [0.2, 0.25) is 0 Å². The molecule has 4 nitrogen and oxygen atoms in total. The van der Waals surface area contributed by atoms with Crippen LogP contribution in [0.25, 0.3) is 0 Å². The Morgan fingerprint density at radius 3 is 1.74 bits per heavy atom. The first-order chi connectivity index (χ1) is 11.4. The molecule has 1 aliphatic heterocycles. The molecule has 0 saturated heterocycles. The van der Waals surface area contributed by atoms with Crippen LogP contribution in [-0.4, -0.2) is 11.0 Å². The summed E-state index contributed by atoms with van der Waals surface area (Å²) in [5.74, 6) is 0. The van der Waals surface area contributed by atoms with Gasteiger partial charge in [-0.25, -0.2) is 0 Å². The maximum Gasteiger partial charge on any atom is 0.288 e. The van der Waals surface area contributed by atoms with Crippen LogP contribution in [0.2, 0.25) is 0 Å². The van der Waals surface area contributed by atoms with E-state index in [1.165, 1.54) is 0 Å².